The van der Waals surface area contributed by atoms with Gasteiger partial charge in [0.25, 0.3) is 0 Å². The molecule has 3 heteroatoms. The molecule has 0 amide bonds. The number of hydrogen-bond acceptors (Lipinski definition) is 3. The summed E-state index contributed by atoms with van der Waals surface area (Å²) in [7, 11) is 1.65. The molecule has 104 valence electrons. The normalized spacial score (nSPS) is 10.1. The van der Waals surface area contributed by atoms with E-state index in [9.17, 15) is 4.79 Å². The molecule has 1 N–H and O–H groups in total. The maximum atomic E-state index is 11.9. The smallest absolute Gasteiger partial charge is 0.162 e. The first kappa shape index (κ1) is 14.1. The minimum atomic E-state index is 0.193. The molecule has 0 aliphatic heterocycles. The second-order valence-corrected chi connectivity index (χ2v) is 4.55. The average molecular weight is 269 g/mol. The van der Waals surface area contributed by atoms with E-state index in [1.54, 1.807) is 7.11 Å². The summed E-state index contributed by atoms with van der Waals surface area (Å²) < 4.78 is 5.16. The topological polar surface area (TPSA) is 38.3 Å². The fourth-order valence-corrected chi connectivity index (χ4v) is 1.98. The van der Waals surface area contributed by atoms with Crippen molar-refractivity contribution in [2.75, 3.05) is 19.0 Å². The van der Waals surface area contributed by atoms with Crippen molar-refractivity contribution in [1.82, 2.24) is 0 Å². The van der Waals surface area contributed by atoms with Crippen LogP contribution in [0.3, 0.4) is 0 Å². The molecule has 0 saturated heterocycles. The number of methoxy groups -OCH3 is 1. The Labute approximate surface area is 119 Å². The zero-order chi connectivity index (χ0) is 14.2. The highest BCUT2D eigenvalue weighted by molar-refractivity contribution is 5.95. The van der Waals surface area contributed by atoms with E-state index in [0.29, 0.717) is 6.42 Å². The molecule has 2 rings (SSSR count). The summed E-state index contributed by atoms with van der Waals surface area (Å²) in [4.78, 5) is 11.9. The van der Waals surface area contributed by atoms with Crippen LogP contribution in [-0.2, 0) is 0 Å². The lowest BCUT2D eigenvalue weighted by Crippen LogP contribution is -2.05. The number of ketones is 1. The van der Waals surface area contributed by atoms with Crippen LogP contribution in [0.5, 0.6) is 5.75 Å². The van der Waals surface area contributed by atoms with Crippen LogP contribution in [0.15, 0.2) is 54.6 Å². The molecule has 2 aromatic carbocycles. The number of benzene rings is 2. The molecule has 0 radical (unpaired) electrons. The van der Waals surface area contributed by atoms with Crippen LogP contribution < -0.4 is 10.1 Å². The van der Waals surface area contributed by atoms with Gasteiger partial charge in [-0.1, -0.05) is 36.4 Å². The first-order chi connectivity index (χ1) is 9.79. The van der Waals surface area contributed by atoms with Crippen LogP contribution in [-0.4, -0.2) is 19.4 Å². The van der Waals surface area contributed by atoms with Crippen molar-refractivity contribution in [3.8, 4) is 5.75 Å². The zero-order valence-electron chi connectivity index (χ0n) is 11.6. The molecule has 0 aromatic heterocycles. The first-order valence-electron chi connectivity index (χ1n) is 6.76. The van der Waals surface area contributed by atoms with Gasteiger partial charge < -0.3 is 10.1 Å². The predicted octanol–water partition coefficient (Wildman–Crippen LogP) is 3.77. The minimum Gasteiger partial charge on any atom is -0.497 e. The largest absolute Gasteiger partial charge is 0.497 e. The van der Waals surface area contributed by atoms with E-state index in [0.717, 1.165) is 30.0 Å². The van der Waals surface area contributed by atoms with Crippen LogP contribution in [0, 0.1) is 0 Å². The lowest BCUT2D eigenvalue weighted by atomic mass is 10.1. The summed E-state index contributed by atoms with van der Waals surface area (Å²) in [5.41, 5.74) is 1.80. The van der Waals surface area contributed by atoms with E-state index < -0.39 is 0 Å². The van der Waals surface area contributed by atoms with Crippen LogP contribution >= 0.6 is 0 Å². The third-order valence-electron chi connectivity index (χ3n) is 3.08. The van der Waals surface area contributed by atoms with Gasteiger partial charge in [-0.3, -0.25) is 4.79 Å². The van der Waals surface area contributed by atoms with Gasteiger partial charge in [0.1, 0.15) is 5.75 Å². The van der Waals surface area contributed by atoms with Gasteiger partial charge in [-0.05, 0) is 18.6 Å². The standard InChI is InChI=1S/C17H19NO2/c1-20-16-10-5-9-15(13-16)18-12-6-11-17(19)14-7-3-2-4-8-14/h2-5,7-10,13,18H,6,11-12H2,1H3. The van der Waals surface area contributed by atoms with E-state index in [-0.39, 0.29) is 5.78 Å². The fourth-order valence-electron chi connectivity index (χ4n) is 1.98. The van der Waals surface area contributed by atoms with Crippen molar-refractivity contribution in [3.05, 3.63) is 60.2 Å². The van der Waals surface area contributed by atoms with E-state index >= 15 is 0 Å². The van der Waals surface area contributed by atoms with Crippen molar-refractivity contribution in [3.63, 3.8) is 0 Å². The average Bonchev–Trinajstić information content (AvgIpc) is 2.52. The molecular weight excluding hydrogens is 250 g/mol. The third-order valence-corrected chi connectivity index (χ3v) is 3.08. The second kappa shape index (κ2) is 7.34. The van der Waals surface area contributed by atoms with E-state index in [1.165, 1.54) is 0 Å². The Morgan fingerprint density at radius 1 is 1.10 bits per heavy atom. The number of Topliss-reactive ketones (excluding diaryl/α,β-unsaturated/α-hetero) is 1. The molecule has 0 saturated carbocycles. The summed E-state index contributed by atoms with van der Waals surface area (Å²) in [6, 6.07) is 17.2. The molecule has 0 fully saturated rings. The van der Waals surface area contributed by atoms with Crippen LogP contribution in [0.2, 0.25) is 0 Å². The summed E-state index contributed by atoms with van der Waals surface area (Å²) in [6.07, 6.45) is 1.37. The van der Waals surface area contributed by atoms with E-state index in [1.807, 2.05) is 54.6 Å². The highest BCUT2D eigenvalue weighted by Gasteiger charge is 2.04. The van der Waals surface area contributed by atoms with Gasteiger partial charge >= 0.3 is 0 Å². The maximum Gasteiger partial charge on any atom is 0.162 e. The molecule has 0 atom stereocenters. The number of ether oxygens (including phenoxy) is 1. The second-order valence-electron chi connectivity index (χ2n) is 4.55. The highest BCUT2D eigenvalue weighted by Crippen LogP contribution is 2.16. The minimum absolute atomic E-state index is 0.193. The lowest BCUT2D eigenvalue weighted by Gasteiger charge is -2.07. The summed E-state index contributed by atoms with van der Waals surface area (Å²) in [5.74, 6) is 1.02. The van der Waals surface area contributed by atoms with Gasteiger partial charge in [0, 0.05) is 30.3 Å². The SMILES string of the molecule is COc1cccc(NCCCC(=O)c2ccccc2)c1. The Hall–Kier alpha value is -2.29. The molecule has 0 bridgehead atoms. The zero-order valence-corrected chi connectivity index (χ0v) is 11.6. The van der Waals surface area contributed by atoms with E-state index in [2.05, 4.69) is 5.32 Å². The summed E-state index contributed by atoms with van der Waals surface area (Å²) in [5, 5.41) is 3.29. The molecule has 2 aromatic rings. The summed E-state index contributed by atoms with van der Waals surface area (Å²) in [6.45, 7) is 0.770. The van der Waals surface area contributed by atoms with Gasteiger partial charge in [-0.2, -0.15) is 0 Å². The Balaban J connectivity index is 1.75. The molecule has 0 unspecified atom stereocenters. The summed E-state index contributed by atoms with van der Waals surface area (Å²) >= 11 is 0. The monoisotopic (exact) mass is 269 g/mol. The molecule has 0 heterocycles. The molecule has 0 spiro atoms. The van der Waals surface area contributed by atoms with Crippen LogP contribution in [0.25, 0.3) is 0 Å². The molecule has 20 heavy (non-hydrogen) atoms. The lowest BCUT2D eigenvalue weighted by molar-refractivity contribution is 0.0981. The van der Waals surface area contributed by atoms with Gasteiger partial charge in [-0.15, -0.1) is 0 Å². The van der Waals surface area contributed by atoms with Gasteiger partial charge in [0.2, 0.25) is 0 Å². The van der Waals surface area contributed by atoms with Crippen LogP contribution in [0.1, 0.15) is 23.2 Å². The number of carbonyl (C=O) groups excluding carboxylic acids is 1. The van der Waals surface area contributed by atoms with Crippen molar-refractivity contribution in [1.29, 1.82) is 0 Å². The Bertz CT molecular complexity index is 552. The number of rotatable bonds is 7. The maximum absolute atomic E-state index is 11.9. The number of carbonyl (C=O) groups is 1. The molecule has 0 aliphatic carbocycles. The third kappa shape index (κ3) is 4.12. The predicted molar refractivity (Wildman–Crippen MR) is 81.5 cm³/mol. The van der Waals surface area contributed by atoms with E-state index in [4.69, 9.17) is 4.74 Å². The quantitative estimate of drug-likeness (QED) is 0.614. The van der Waals surface area contributed by atoms with Gasteiger partial charge in [-0.25, -0.2) is 0 Å². The highest BCUT2D eigenvalue weighted by atomic mass is 16.5. The number of nitrogens with one attached hydrogen (secondary N) is 1. The molecule has 3 nitrogen and oxygen atoms in total. The molecule has 0 aliphatic rings. The Kier molecular flexibility index (Phi) is 5.18. The molecular formula is C17H19NO2. The fraction of sp³-hybridized carbons (Fsp3) is 0.235. The van der Waals surface area contributed by atoms with Crippen molar-refractivity contribution < 1.29 is 9.53 Å². The Morgan fingerprint density at radius 2 is 1.90 bits per heavy atom. The van der Waals surface area contributed by atoms with Crippen LogP contribution in [0.4, 0.5) is 5.69 Å². The first-order valence-corrected chi connectivity index (χ1v) is 6.76. The van der Waals surface area contributed by atoms with Crippen molar-refractivity contribution in [2.45, 2.75) is 12.8 Å². The Morgan fingerprint density at radius 3 is 2.65 bits per heavy atom. The van der Waals surface area contributed by atoms with Gasteiger partial charge in [0.15, 0.2) is 5.78 Å². The van der Waals surface area contributed by atoms with Crippen molar-refractivity contribution >= 4 is 11.5 Å². The number of hydrogen-bond donors (Lipinski definition) is 1. The number of anilines is 1. The van der Waals surface area contributed by atoms with Crippen molar-refractivity contribution in [2.24, 2.45) is 0 Å². The van der Waals surface area contributed by atoms with Gasteiger partial charge in [0.05, 0.1) is 7.11 Å².